The third-order valence-electron chi connectivity index (χ3n) is 5.47. The molecule has 3 rings (SSSR count). The number of aliphatic hydroxyl groups excluding tert-OH is 3. The highest BCUT2D eigenvalue weighted by molar-refractivity contribution is 6.78. The standard InChI is InChI=1S/C18H32N6O4Si/c1-4-5-6-7-29(2,3)10-22-15-12-16(21-9-20-15)24(18(19)23-12)17-14(27)13(26)11(8-25)28-17/h9,11,13-14,17,25-27H,4-8,10H2,1-3H3,(H2,19,23)(H,20,21,22). The van der Waals surface area contributed by atoms with Crippen molar-refractivity contribution in [2.24, 2.45) is 0 Å². The van der Waals surface area contributed by atoms with E-state index < -0.39 is 39.2 Å². The highest BCUT2D eigenvalue weighted by Gasteiger charge is 2.44. The first-order valence-corrected chi connectivity index (χ1v) is 13.5. The number of nitrogen functional groups attached to an aromatic ring is 1. The average molecular weight is 425 g/mol. The van der Waals surface area contributed by atoms with Crippen molar-refractivity contribution in [1.82, 2.24) is 19.5 Å². The summed E-state index contributed by atoms with van der Waals surface area (Å²) in [6, 6.07) is 1.24. The van der Waals surface area contributed by atoms with Gasteiger partial charge in [-0.05, 0) is 0 Å². The number of unbranched alkanes of at least 4 members (excludes halogenated alkanes) is 2. The molecule has 0 bridgehead atoms. The van der Waals surface area contributed by atoms with Crippen molar-refractivity contribution >= 4 is 31.0 Å². The maximum absolute atomic E-state index is 10.4. The minimum atomic E-state index is -1.44. The second kappa shape index (κ2) is 8.92. The molecule has 162 valence electrons. The maximum atomic E-state index is 10.4. The molecule has 0 aromatic carbocycles. The van der Waals surface area contributed by atoms with Crippen molar-refractivity contribution in [1.29, 1.82) is 0 Å². The Bertz CT molecular complexity index is 832. The predicted octanol–water partition coefficient (Wildman–Crippen LogP) is 0.870. The van der Waals surface area contributed by atoms with Crippen molar-refractivity contribution in [2.45, 2.75) is 69.9 Å². The largest absolute Gasteiger partial charge is 0.394 e. The van der Waals surface area contributed by atoms with Gasteiger partial charge in [-0.25, -0.2) is 15.0 Å². The van der Waals surface area contributed by atoms with Gasteiger partial charge in [-0.3, -0.25) is 4.57 Å². The van der Waals surface area contributed by atoms with Gasteiger partial charge in [0.05, 0.1) is 14.7 Å². The van der Waals surface area contributed by atoms with Gasteiger partial charge < -0.3 is 31.1 Å². The minimum Gasteiger partial charge on any atom is -0.394 e. The van der Waals surface area contributed by atoms with Gasteiger partial charge in [0.2, 0.25) is 5.95 Å². The summed E-state index contributed by atoms with van der Waals surface area (Å²) in [7, 11) is -1.44. The zero-order chi connectivity index (χ0) is 21.2. The molecule has 1 aliphatic rings. The van der Waals surface area contributed by atoms with Gasteiger partial charge >= 0.3 is 0 Å². The van der Waals surface area contributed by atoms with Crippen LogP contribution in [-0.4, -0.2) is 74.0 Å². The first-order chi connectivity index (χ1) is 13.8. The van der Waals surface area contributed by atoms with Crippen LogP contribution in [0.3, 0.4) is 0 Å². The van der Waals surface area contributed by atoms with Crippen molar-refractivity contribution in [2.75, 3.05) is 23.8 Å². The Labute approximate surface area is 171 Å². The normalized spacial score (nSPS) is 25.0. The summed E-state index contributed by atoms with van der Waals surface area (Å²) < 4.78 is 7.04. The van der Waals surface area contributed by atoms with E-state index in [0.717, 1.165) is 6.17 Å². The molecule has 10 nitrogen and oxygen atoms in total. The molecule has 3 heterocycles. The highest BCUT2D eigenvalue weighted by Crippen LogP contribution is 2.34. The van der Waals surface area contributed by atoms with Gasteiger partial charge in [0, 0.05) is 6.17 Å². The fraction of sp³-hybridized carbons (Fsp3) is 0.722. The van der Waals surface area contributed by atoms with Gasteiger partial charge in [-0.1, -0.05) is 45.3 Å². The number of rotatable bonds is 9. The second-order valence-corrected chi connectivity index (χ2v) is 13.6. The van der Waals surface area contributed by atoms with E-state index in [-0.39, 0.29) is 5.95 Å². The number of nitrogens with two attached hydrogens (primary N) is 1. The summed E-state index contributed by atoms with van der Waals surface area (Å²) in [6.45, 7) is 6.49. The number of nitrogens with zero attached hydrogens (tertiary/aromatic N) is 4. The lowest BCUT2D eigenvalue weighted by atomic mass is 10.1. The number of hydrogen-bond donors (Lipinski definition) is 5. The molecule has 4 atom stereocenters. The van der Waals surface area contributed by atoms with E-state index in [1.54, 1.807) is 0 Å². The van der Waals surface area contributed by atoms with Gasteiger partial charge in [0.1, 0.15) is 24.6 Å². The van der Waals surface area contributed by atoms with Crippen LogP contribution in [0.25, 0.3) is 11.2 Å². The van der Waals surface area contributed by atoms with Gasteiger partial charge in [0.15, 0.2) is 23.2 Å². The van der Waals surface area contributed by atoms with Crippen LogP contribution in [0.1, 0.15) is 32.4 Å². The lowest BCUT2D eigenvalue weighted by Crippen LogP contribution is -2.35. The van der Waals surface area contributed by atoms with E-state index in [4.69, 9.17) is 10.5 Å². The Morgan fingerprint density at radius 1 is 1.24 bits per heavy atom. The third kappa shape index (κ3) is 4.53. The number of imidazole rings is 1. The van der Waals surface area contributed by atoms with E-state index >= 15 is 0 Å². The van der Waals surface area contributed by atoms with E-state index in [1.165, 1.54) is 36.2 Å². The molecular formula is C18H32N6O4Si. The van der Waals surface area contributed by atoms with Crippen molar-refractivity contribution < 1.29 is 20.1 Å². The van der Waals surface area contributed by atoms with E-state index in [0.29, 0.717) is 17.0 Å². The van der Waals surface area contributed by atoms with Crippen molar-refractivity contribution in [3.05, 3.63) is 6.33 Å². The molecule has 0 radical (unpaired) electrons. The molecule has 0 spiro atoms. The van der Waals surface area contributed by atoms with Crippen LogP contribution >= 0.6 is 0 Å². The summed E-state index contributed by atoms with van der Waals surface area (Å²) >= 11 is 0. The number of fused-ring (bicyclic) bond motifs is 1. The summed E-state index contributed by atoms with van der Waals surface area (Å²) in [5, 5.41) is 33.2. The van der Waals surface area contributed by atoms with Crippen LogP contribution in [0, 0.1) is 0 Å². The topological polar surface area (TPSA) is 152 Å². The first-order valence-electron chi connectivity index (χ1n) is 10.1. The van der Waals surface area contributed by atoms with Gasteiger partial charge in [-0.15, -0.1) is 0 Å². The molecule has 1 aliphatic heterocycles. The number of hydrogen-bond acceptors (Lipinski definition) is 9. The Morgan fingerprint density at radius 2 is 2.00 bits per heavy atom. The number of anilines is 2. The van der Waals surface area contributed by atoms with Crippen LogP contribution in [0.2, 0.25) is 19.1 Å². The van der Waals surface area contributed by atoms with Crippen LogP contribution in [0.15, 0.2) is 6.33 Å². The Morgan fingerprint density at radius 3 is 2.66 bits per heavy atom. The zero-order valence-corrected chi connectivity index (χ0v) is 18.2. The van der Waals surface area contributed by atoms with Crippen LogP contribution in [0.4, 0.5) is 11.8 Å². The molecule has 0 saturated carbocycles. The number of nitrogens with one attached hydrogen (secondary N) is 1. The first kappa shape index (κ1) is 21.9. The molecule has 0 amide bonds. The van der Waals surface area contributed by atoms with Gasteiger partial charge in [-0.2, -0.15) is 0 Å². The monoisotopic (exact) mass is 424 g/mol. The molecule has 11 heteroatoms. The lowest BCUT2D eigenvalue weighted by Gasteiger charge is -2.23. The van der Waals surface area contributed by atoms with Crippen molar-refractivity contribution in [3.63, 3.8) is 0 Å². The summed E-state index contributed by atoms with van der Waals surface area (Å²) in [4.78, 5) is 13.0. The highest BCUT2D eigenvalue weighted by atomic mass is 28.3. The average Bonchev–Trinajstić information content (AvgIpc) is 3.16. The van der Waals surface area contributed by atoms with Crippen LogP contribution in [0.5, 0.6) is 0 Å². The third-order valence-corrected chi connectivity index (χ3v) is 8.31. The smallest absolute Gasteiger partial charge is 0.204 e. The molecular weight excluding hydrogens is 392 g/mol. The van der Waals surface area contributed by atoms with Crippen molar-refractivity contribution in [3.8, 4) is 0 Å². The number of ether oxygens (including phenoxy) is 1. The molecule has 29 heavy (non-hydrogen) atoms. The molecule has 2 aromatic rings. The summed E-state index contributed by atoms with van der Waals surface area (Å²) in [5.74, 6) is 0.682. The molecule has 0 aliphatic carbocycles. The van der Waals surface area contributed by atoms with Crippen LogP contribution in [-0.2, 0) is 4.74 Å². The molecule has 1 fully saturated rings. The maximum Gasteiger partial charge on any atom is 0.204 e. The quantitative estimate of drug-likeness (QED) is 0.291. The van der Waals surface area contributed by atoms with Crippen LogP contribution < -0.4 is 11.1 Å². The summed E-state index contributed by atoms with van der Waals surface area (Å²) in [6.07, 6.45) is 1.58. The molecule has 6 N–H and O–H groups in total. The number of aromatic nitrogens is 4. The van der Waals surface area contributed by atoms with E-state index in [1.807, 2.05) is 0 Å². The molecule has 2 aromatic heterocycles. The fourth-order valence-corrected chi connectivity index (χ4v) is 5.69. The zero-order valence-electron chi connectivity index (χ0n) is 17.2. The Hall–Kier alpha value is -1.79. The second-order valence-electron chi connectivity index (χ2n) is 8.44. The van der Waals surface area contributed by atoms with E-state index in [9.17, 15) is 15.3 Å². The molecule has 4 unspecified atom stereocenters. The SMILES string of the molecule is CCCCC[Si](C)(C)CNc1ncnc2c1nc(N)n2C1OC(CO)C(O)C1O. The molecule has 1 saturated heterocycles. The lowest BCUT2D eigenvalue weighted by molar-refractivity contribution is -0.0500. The Balaban J connectivity index is 1.83. The fourth-order valence-electron chi connectivity index (χ4n) is 3.66. The number of aliphatic hydroxyl groups is 3. The predicted molar refractivity (Wildman–Crippen MR) is 113 cm³/mol. The van der Waals surface area contributed by atoms with Gasteiger partial charge in [0.25, 0.3) is 0 Å². The minimum absolute atomic E-state index is 0.0952. The summed E-state index contributed by atoms with van der Waals surface area (Å²) in [5.41, 5.74) is 6.98. The Kier molecular flexibility index (Phi) is 6.74. The van der Waals surface area contributed by atoms with E-state index in [2.05, 4.69) is 40.3 Å².